The molecule has 2 saturated carbocycles. The highest BCUT2D eigenvalue weighted by Crippen LogP contribution is 2.43. The zero-order valence-electron chi connectivity index (χ0n) is 11.7. The predicted molar refractivity (Wildman–Crippen MR) is 73.6 cm³/mol. The van der Waals surface area contributed by atoms with Crippen LogP contribution in [0.3, 0.4) is 0 Å². The van der Waals surface area contributed by atoms with Gasteiger partial charge in [-0.2, -0.15) is 0 Å². The van der Waals surface area contributed by atoms with E-state index in [0.29, 0.717) is 6.04 Å². The first-order valence-corrected chi connectivity index (χ1v) is 7.35. The lowest BCUT2D eigenvalue weighted by Crippen LogP contribution is -2.42. The van der Waals surface area contributed by atoms with Crippen molar-refractivity contribution in [3.05, 3.63) is 0 Å². The molecule has 104 valence electrons. The van der Waals surface area contributed by atoms with E-state index in [2.05, 4.69) is 10.6 Å². The van der Waals surface area contributed by atoms with Gasteiger partial charge in [0.25, 0.3) is 0 Å². The van der Waals surface area contributed by atoms with Crippen LogP contribution in [0.5, 0.6) is 0 Å². The number of nitrogens with zero attached hydrogens (tertiary/aromatic N) is 1. The molecule has 2 aliphatic rings. The number of rotatable bonds is 5. The molecular weight excluding hydrogens is 226 g/mol. The zero-order chi connectivity index (χ0) is 13.0. The van der Waals surface area contributed by atoms with Crippen molar-refractivity contribution in [2.75, 3.05) is 27.2 Å². The molecule has 2 amide bonds. The number of hydrogen-bond acceptors (Lipinski definition) is 2. The molecule has 0 aromatic carbocycles. The SMILES string of the molecule is CN(C)C(=O)NCCNC1CCCC(C2CC2)C1. The van der Waals surface area contributed by atoms with Crippen molar-refractivity contribution in [1.29, 1.82) is 0 Å². The Morgan fingerprint density at radius 1 is 1.11 bits per heavy atom. The molecule has 18 heavy (non-hydrogen) atoms. The van der Waals surface area contributed by atoms with Crippen LogP contribution >= 0.6 is 0 Å². The molecule has 0 saturated heterocycles. The third-order valence-electron chi connectivity index (χ3n) is 4.24. The smallest absolute Gasteiger partial charge is 0.316 e. The van der Waals surface area contributed by atoms with Gasteiger partial charge in [0.05, 0.1) is 0 Å². The molecule has 0 spiro atoms. The number of carbonyl (C=O) groups excluding carboxylic acids is 1. The lowest BCUT2D eigenvalue weighted by molar-refractivity contribution is 0.216. The Hall–Kier alpha value is -0.770. The summed E-state index contributed by atoms with van der Waals surface area (Å²) in [5.74, 6) is 2.02. The Kier molecular flexibility index (Phi) is 4.87. The van der Waals surface area contributed by atoms with Crippen LogP contribution in [0.4, 0.5) is 4.79 Å². The quantitative estimate of drug-likeness (QED) is 0.734. The van der Waals surface area contributed by atoms with E-state index >= 15 is 0 Å². The second-order valence-electron chi connectivity index (χ2n) is 6.04. The van der Waals surface area contributed by atoms with Gasteiger partial charge in [-0.05, 0) is 37.5 Å². The summed E-state index contributed by atoms with van der Waals surface area (Å²) in [6.07, 6.45) is 8.42. The summed E-state index contributed by atoms with van der Waals surface area (Å²) in [5, 5.41) is 6.49. The third kappa shape index (κ3) is 4.16. The Balaban J connectivity index is 1.57. The minimum atomic E-state index is -0.00342. The fourth-order valence-corrected chi connectivity index (χ4v) is 3.01. The van der Waals surface area contributed by atoms with Gasteiger partial charge in [0, 0.05) is 33.2 Å². The van der Waals surface area contributed by atoms with E-state index in [0.717, 1.165) is 24.9 Å². The maximum atomic E-state index is 11.3. The molecule has 0 aromatic heterocycles. The molecule has 4 nitrogen and oxygen atoms in total. The van der Waals surface area contributed by atoms with E-state index in [9.17, 15) is 4.79 Å². The maximum Gasteiger partial charge on any atom is 0.316 e. The number of hydrogen-bond donors (Lipinski definition) is 2. The molecule has 0 aliphatic heterocycles. The fourth-order valence-electron chi connectivity index (χ4n) is 3.01. The number of carbonyl (C=O) groups is 1. The molecule has 4 heteroatoms. The van der Waals surface area contributed by atoms with E-state index < -0.39 is 0 Å². The number of nitrogens with one attached hydrogen (secondary N) is 2. The lowest BCUT2D eigenvalue weighted by Gasteiger charge is -2.30. The van der Waals surface area contributed by atoms with Gasteiger partial charge in [0.2, 0.25) is 0 Å². The van der Waals surface area contributed by atoms with Crippen LogP contribution in [0, 0.1) is 11.8 Å². The molecule has 2 fully saturated rings. The molecule has 2 aliphatic carbocycles. The van der Waals surface area contributed by atoms with E-state index in [1.807, 2.05) is 0 Å². The topological polar surface area (TPSA) is 44.4 Å². The molecule has 2 atom stereocenters. The minimum Gasteiger partial charge on any atom is -0.337 e. The second-order valence-corrected chi connectivity index (χ2v) is 6.04. The van der Waals surface area contributed by atoms with E-state index in [-0.39, 0.29) is 6.03 Å². The standard InChI is InChI=1S/C14H27N3O/c1-17(2)14(18)16-9-8-15-13-5-3-4-12(10-13)11-6-7-11/h11-13,15H,3-10H2,1-2H3,(H,16,18). The van der Waals surface area contributed by atoms with Crippen LogP contribution in [-0.4, -0.2) is 44.2 Å². The second kappa shape index (κ2) is 6.41. The third-order valence-corrected chi connectivity index (χ3v) is 4.24. The first-order valence-electron chi connectivity index (χ1n) is 7.35. The molecule has 2 rings (SSSR count). The first kappa shape index (κ1) is 13.7. The monoisotopic (exact) mass is 253 g/mol. The van der Waals surface area contributed by atoms with E-state index in [4.69, 9.17) is 0 Å². The molecule has 2 unspecified atom stereocenters. The minimum absolute atomic E-state index is 0.00342. The Morgan fingerprint density at radius 2 is 1.89 bits per heavy atom. The van der Waals surface area contributed by atoms with Crippen molar-refractivity contribution in [3.63, 3.8) is 0 Å². The van der Waals surface area contributed by atoms with Crippen molar-refractivity contribution >= 4 is 6.03 Å². The van der Waals surface area contributed by atoms with Crippen molar-refractivity contribution in [3.8, 4) is 0 Å². The van der Waals surface area contributed by atoms with Crippen molar-refractivity contribution in [2.45, 2.75) is 44.6 Å². The lowest BCUT2D eigenvalue weighted by atomic mass is 9.83. The molecule has 0 bridgehead atoms. The average Bonchev–Trinajstić information content (AvgIpc) is 3.19. The van der Waals surface area contributed by atoms with Gasteiger partial charge in [0.1, 0.15) is 0 Å². The van der Waals surface area contributed by atoms with Gasteiger partial charge < -0.3 is 15.5 Å². The summed E-state index contributed by atoms with van der Waals surface area (Å²) in [5.41, 5.74) is 0. The van der Waals surface area contributed by atoms with Gasteiger partial charge in [-0.25, -0.2) is 4.79 Å². The van der Waals surface area contributed by atoms with Crippen LogP contribution in [0.15, 0.2) is 0 Å². The van der Waals surface area contributed by atoms with Gasteiger partial charge in [-0.15, -0.1) is 0 Å². The van der Waals surface area contributed by atoms with Crippen LogP contribution in [-0.2, 0) is 0 Å². The largest absolute Gasteiger partial charge is 0.337 e. The number of urea groups is 1. The van der Waals surface area contributed by atoms with Gasteiger partial charge in [0.15, 0.2) is 0 Å². The van der Waals surface area contributed by atoms with Gasteiger partial charge in [-0.3, -0.25) is 0 Å². The fraction of sp³-hybridized carbons (Fsp3) is 0.929. The molecule has 0 radical (unpaired) electrons. The summed E-state index contributed by atoms with van der Waals surface area (Å²) in [6, 6.07) is 0.678. The Bertz CT molecular complexity index is 276. The van der Waals surface area contributed by atoms with Crippen LogP contribution in [0.25, 0.3) is 0 Å². The summed E-state index contributed by atoms with van der Waals surface area (Å²) in [7, 11) is 3.54. The van der Waals surface area contributed by atoms with Crippen molar-refractivity contribution in [1.82, 2.24) is 15.5 Å². The van der Waals surface area contributed by atoms with E-state index in [1.165, 1.54) is 38.5 Å². The highest BCUT2D eigenvalue weighted by Gasteiger charge is 2.34. The van der Waals surface area contributed by atoms with Gasteiger partial charge >= 0.3 is 6.03 Å². The summed E-state index contributed by atoms with van der Waals surface area (Å²) >= 11 is 0. The summed E-state index contributed by atoms with van der Waals surface area (Å²) < 4.78 is 0. The maximum absolute atomic E-state index is 11.3. The van der Waals surface area contributed by atoms with Crippen LogP contribution in [0.2, 0.25) is 0 Å². The van der Waals surface area contributed by atoms with Crippen molar-refractivity contribution in [2.24, 2.45) is 11.8 Å². The molecule has 2 N–H and O–H groups in total. The van der Waals surface area contributed by atoms with Crippen molar-refractivity contribution < 1.29 is 4.79 Å². The molecular formula is C14H27N3O. The molecule has 0 aromatic rings. The zero-order valence-corrected chi connectivity index (χ0v) is 11.7. The van der Waals surface area contributed by atoms with E-state index in [1.54, 1.807) is 19.0 Å². The normalized spacial score (nSPS) is 27.9. The molecule has 0 heterocycles. The Morgan fingerprint density at radius 3 is 2.56 bits per heavy atom. The number of amides is 2. The average molecular weight is 253 g/mol. The van der Waals surface area contributed by atoms with Crippen LogP contribution in [0.1, 0.15) is 38.5 Å². The van der Waals surface area contributed by atoms with Gasteiger partial charge in [-0.1, -0.05) is 12.8 Å². The van der Waals surface area contributed by atoms with Crippen LogP contribution < -0.4 is 10.6 Å². The highest BCUT2D eigenvalue weighted by atomic mass is 16.2. The predicted octanol–water partition coefficient (Wildman–Crippen LogP) is 1.82. The summed E-state index contributed by atoms with van der Waals surface area (Å²) in [4.78, 5) is 12.9. The first-order chi connectivity index (χ1) is 8.66. The Labute approximate surface area is 110 Å². The summed E-state index contributed by atoms with van der Waals surface area (Å²) in [6.45, 7) is 1.61. The highest BCUT2D eigenvalue weighted by molar-refractivity contribution is 5.73.